The monoisotopic (exact) mass is 188 g/mol. The summed E-state index contributed by atoms with van der Waals surface area (Å²) in [6.45, 7) is 3.81. The first-order chi connectivity index (χ1) is 6.59. The third kappa shape index (κ3) is 1.20. The van der Waals surface area contributed by atoms with Crippen LogP contribution in [0.3, 0.4) is 0 Å². The number of phenols is 2. The minimum Gasteiger partial charge on any atom is -0.508 e. The molecule has 0 saturated heterocycles. The second-order valence-electron chi connectivity index (χ2n) is 3.55. The van der Waals surface area contributed by atoms with E-state index in [2.05, 4.69) is 0 Å². The molecule has 0 unspecified atom stereocenters. The molecular formula is C12H12O2. The smallest absolute Gasteiger partial charge is 0.119 e. The van der Waals surface area contributed by atoms with E-state index >= 15 is 0 Å². The topological polar surface area (TPSA) is 40.5 Å². The van der Waals surface area contributed by atoms with Crippen molar-refractivity contribution in [2.45, 2.75) is 13.8 Å². The standard InChI is InChI=1S/C12H12O2/c1-7-8(2)12(14)5-9-3-4-10(13)6-11(7)9/h3-6,13-14H,1-2H3. The summed E-state index contributed by atoms with van der Waals surface area (Å²) in [6.07, 6.45) is 0. The molecule has 2 heteroatoms. The summed E-state index contributed by atoms with van der Waals surface area (Å²) in [6, 6.07) is 6.86. The third-order valence-electron chi connectivity index (χ3n) is 2.68. The Kier molecular flexibility index (Phi) is 1.84. The van der Waals surface area contributed by atoms with Gasteiger partial charge in [0.15, 0.2) is 0 Å². The molecule has 0 aliphatic rings. The van der Waals surface area contributed by atoms with Crippen molar-refractivity contribution in [2.24, 2.45) is 0 Å². The van der Waals surface area contributed by atoms with E-state index in [4.69, 9.17) is 0 Å². The predicted octanol–water partition coefficient (Wildman–Crippen LogP) is 2.87. The molecule has 0 saturated carbocycles. The number of rotatable bonds is 0. The number of aryl methyl sites for hydroxylation is 1. The lowest BCUT2D eigenvalue weighted by Gasteiger charge is -2.08. The van der Waals surface area contributed by atoms with Crippen LogP contribution >= 0.6 is 0 Å². The van der Waals surface area contributed by atoms with Crippen LogP contribution in [-0.2, 0) is 0 Å². The first kappa shape index (κ1) is 8.88. The Hall–Kier alpha value is -1.70. The van der Waals surface area contributed by atoms with E-state index in [1.54, 1.807) is 24.3 Å². The van der Waals surface area contributed by atoms with Crippen LogP contribution < -0.4 is 0 Å². The Labute approximate surface area is 82.4 Å². The van der Waals surface area contributed by atoms with Crippen molar-refractivity contribution in [3.63, 3.8) is 0 Å². The first-order valence-electron chi connectivity index (χ1n) is 4.51. The molecule has 0 fully saturated rings. The van der Waals surface area contributed by atoms with Gasteiger partial charge in [-0.05, 0) is 53.9 Å². The van der Waals surface area contributed by atoms with Crippen molar-refractivity contribution in [3.8, 4) is 11.5 Å². The first-order valence-corrected chi connectivity index (χ1v) is 4.51. The molecule has 0 spiro atoms. The largest absolute Gasteiger partial charge is 0.508 e. The lowest BCUT2D eigenvalue weighted by molar-refractivity contribution is 0.470. The normalized spacial score (nSPS) is 10.7. The summed E-state index contributed by atoms with van der Waals surface area (Å²) < 4.78 is 0. The zero-order chi connectivity index (χ0) is 10.3. The summed E-state index contributed by atoms with van der Waals surface area (Å²) >= 11 is 0. The van der Waals surface area contributed by atoms with Crippen LogP contribution in [0.1, 0.15) is 11.1 Å². The zero-order valence-electron chi connectivity index (χ0n) is 8.20. The van der Waals surface area contributed by atoms with E-state index < -0.39 is 0 Å². The summed E-state index contributed by atoms with van der Waals surface area (Å²) in [5, 5.41) is 20.9. The minimum atomic E-state index is 0.255. The van der Waals surface area contributed by atoms with E-state index in [9.17, 15) is 10.2 Å². The van der Waals surface area contributed by atoms with Gasteiger partial charge in [-0.25, -0.2) is 0 Å². The Morgan fingerprint density at radius 1 is 0.929 bits per heavy atom. The Morgan fingerprint density at radius 2 is 1.64 bits per heavy atom. The van der Waals surface area contributed by atoms with Gasteiger partial charge in [0.25, 0.3) is 0 Å². The molecule has 72 valence electrons. The number of phenolic OH excluding ortho intramolecular Hbond substituents is 2. The molecular weight excluding hydrogens is 176 g/mol. The molecule has 0 aliphatic heterocycles. The van der Waals surface area contributed by atoms with Gasteiger partial charge in [0.2, 0.25) is 0 Å². The van der Waals surface area contributed by atoms with Crippen LogP contribution in [-0.4, -0.2) is 10.2 Å². The Morgan fingerprint density at radius 3 is 2.36 bits per heavy atom. The fraction of sp³-hybridized carbons (Fsp3) is 0.167. The van der Waals surface area contributed by atoms with Crippen molar-refractivity contribution < 1.29 is 10.2 Å². The summed E-state index contributed by atoms with van der Waals surface area (Å²) in [5.74, 6) is 0.561. The summed E-state index contributed by atoms with van der Waals surface area (Å²) in [5.41, 5.74) is 1.87. The summed E-state index contributed by atoms with van der Waals surface area (Å²) in [7, 11) is 0. The van der Waals surface area contributed by atoms with E-state index in [0.717, 1.165) is 21.9 Å². The zero-order valence-corrected chi connectivity index (χ0v) is 8.20. The van der Waals surface area contributed by atoms with Crippen LogP contribution in [0, 0.1) is 13.8 Å². The van der Waals surface area contributed by atoms with Gasteiger partial charge in [0.05, 0.1) is 0 Å². The van der Waals surface area contributed by atoms with Crippen LogP contribution in [0.25, 0.3) is 10.8 Å². The predicted molar refractivity (Wildman–Crippen MR) is 56.8 cm³/mol. The van der Waals surface area contributed by atoms with E-state index in [1.807, 2.05) is 13.8 Å². The maximum absolute atomic E-state index is 9.60. The van der Waals surface area contributed by atoms with Crippen molar-refractivity contribution in [1.29, 1.82) is 0 Å². The Balaban J connectivity index is 2.92. The molecule has 0 aliphatic carbocycles. The molecule has 2 aromatic carbocycles. The number of aromatic hydroxyl groups is 2. The molecule has 2 aromatic rings. The van der Waals surface area contributed by atoms with E-state index in [1.165, 1.54) is 0 Å². The molecule has 2 N–H and O–H groups in total. The molecule has 0 heterocycles. The second-order valence-corrected chi connectivity index (χ2v) is 3.55. The van der Waals surface area contributed by atoms with Gasteiger partial charge < -0.3 is 10.2 Å². The van der Waals surface area contributed by atoms with Gasteiger partial charge in [0, 0.05) is 0 Å². The maximum Gasteiger partial charge on any atom is 0.119 e. The van der Waals surface area contributed by atoms with E-state index in [0.29, 0.717) is 5.75 Å². The SMILES string of the molecule is Cc1c(O)cc2ccc(O)cc2c1C. The van der Waals surface area contributed by atoms with Crippen molar-refractivity contribution in [3.05, 3.63) is 35.4 Å². The van der Waals surface area contributed by atoms with Gasteiger partial charge in [-0.2, -0.15) is 0 Å². The number of benzene rings is 2. The van der Waals surface area contributed by atoms with Crippen LogP contribution in [0.4, 0.5) is 0 Å². The lowest BCUT2D eigenvalue weighted by Crippen LogP contribution is -1.84. The fourth-order valence-corrected chi connectivity index (χ4v) is 1.64. The highest BCUT2D eigenvalue weighted by atomic mass is 16.3. The van der Waals surface area contributed by atoms with Gasteiger partial charge in [-0.3, -0.25) is 0 Å². The van der Waals surface area contributed by atoms with Gasteiger partial charge in [0.1, 0.15) is 11.5 Å². The number of hydrogen-bond donors (Lipinski definition) is 2. The van der Waals surface area contributed by atoms with Gasteiger partial charge >= 0.3 is 0 Å². The molecule has 0 bridgehead atoms. The molecule has 0 atom stereocenters. The van der Waals surface area contributed by atoms with Crippen molar-refractivity contribution in [1.82, 2.24) is 0 Å². The van der Waals surface area contributed by atoms with Crippen molar-refractivity contribution in [2.75, 3.05) is 0 Å². The van der Waals surface area contributed by atoms with Crippen LogP contribution in [0.15, 0.2) is 24.3 Å². The van der Waals surface area contributed by atoms with Gasteiger partial charge in [-0.1, -0.05) is 6.07 Å². The Bertz CT molecular complexity index is 501. The average Bonchev–Trinajstić information content (AvgIpc) is 2.16. The highest BCUT2D eigenvalue weighted by molar-refractivity contribution is 5.89. The third-order valence-corrected chi connectivity index (χ3v) is 2.68. The van der Waals surface area contributed by atoms with Gasteiger partial charge in [-0.15, -0.1) is 0 Å². The van der Waals surface area contributed by atoms with Crippen molar-refractivity contribution >= 4 is 10.8 Å². The molecule has 0 aromatic heterocycles. The fourth-order valence-electron chi connectivity index (χ4n) is 1.64. The van der Waals surface area contributed by atoms with Crippen LogP contribution in [0.5, 0.6) is 11.5 Å². The minimum absolute atomic E-state index is 0.255. The van der Waals surface area contributed by atoms with Crippen LogP contribution in [0.2, 0.25) is 0 Å². The molecule has 14 heavy (non-hydrogen) atoms. The number of hydrogen-bond acceptors (Lipinski definition) is 2. The average molecular weight is 188 g/mol. The molecule has 2 rings (SSSR count). The quantitative estimate of drug-likeness (QED) is 0.667. The highest BCUT2D eigenvalue weighted by Gasteiger charge is 2.05. The lowest BCUT2D eigenvalue weighted by atomic mass is 10.00. The number of fused-ring (bicyclic) bond motifs is 1. The molecule has 0 radical (unpaired) electrons. The second kappa shape index (κ2) is 2.91. The summed E-state index contributed by atoms with van der Waals surface area (Å²) in [4.78, 5) is 0. The molecule has 2 nitrogen and oxygen atoms in total. The highest BCUT2D eigenvalue weighted by Crippen LogP contribution is 2.30. The molecule has 0 amide bonds. The van der Waals surface area contributed by atoms with E-state index in [-0.39, 0.29) is 5.75 Å². The maximum atomic E-state index is 9.60.